The van der Waals surface area contributed by atoms with Crippen molar-refractivity contribution in [3.63, 3.8) is 0 Å². The predicted octanol–water partition coefficient (Wildman–Crippen LogP) is 3.60. The number of unbranched alkanes of at least 4 members (excludes halogenated alkanes) is 2. The monoisotopic (exact) mass is 511 g/mol. The molecule has 4 heterocycles. The summed E-state index contributed by atoms with van der Waals surface area (Å²) < 4.78 is 9.62. The van der Waals surface area contributed by atoms with Crippen LogP contribution in [0.5, 0.6) is 5.75 Å². The van der Waals surface area contributed by atoms with Crippen LogP contribution in [0.25, 0.3) is 17.2 Å². The Bertz CT molecular complexity index is 1420. The number of hydrogen-bond donors (Lipinski definition) is 1. The lowest BCUT2D eigenvalue weighted by Crippen LogP contribution is -2.24. The molecule has 0 aliphatic carbocycles. The maximum Gasteiger partial charge on any atom is 0.266 e. The van der Waals surface area contributed by atoms with Gasteiger partial charge in [0.2, 0.25) is 5.78 Å². The number of hydrogen-bond acceptors (Lipinski definition) is 8. The van der Waals surface area contributed by atoms with Gasteiger partial charge in [0, 0.05) is 25.8 Å². The SMILES string of the molecule is CCCCCn1c2c(c(=O)n3c(CCc4noc(-c5ccccc5O)n4)nnc13)CC(Br)=N2. The first-order valence-corrected chi connectivity index (χ1v) is 11.7. The Morgan fingerprint density at radius 2 is 2.03 bits per heavy atom. The van der Waals surface area contributed by atoms with E-state index < -0.39 is 0 Å². The van der Waals surface area contributed by atoms with Gasteiger partial charge >= 0.3 is 0 Å². The third-order valence-corrected chi connectivity index (χ3v) is 6.11. The Balaban J connectivity index is 1.45. The number of phenolic OH excluding ortho intramolecular Hbond substituents is 1. The molecule has 1 N–H and O–H groups in total. The van der Waals surface area contributed by atoms with Crippen molar-refractivity contribution in [1.82, 2.24) is 29.3 Å². The number of phenols is 1. The van der Waals surface area contributed by atoms with E-state index >= 15 is 0 Å². The minimum atomic E-state index is -0.145. The highest BCUT2D eigenvalue weighted by molar-refractivity contribution is 9.18. The van der Waals surface area contributed by atoms with Crippen LogP contribution in [0.3, 0.4) is 0 Å². The van der Waals surface area contributed by atoms with Crippen LogP contribution in [0.1, 0.15) is 43.4 Å². The van der Waals surface area contributed by atoms with E-state index in [9.17, 15) is 9.90 Å². The van der Waals surface area contributed by atoms with Gasteiger partial charge in [-0.2, -0.15) is 4.98 Å². The van der Waals surface area contributed by atoms with E-state index in [0.29, 0.717) is 53.6 Å². The molecule has 11 heteroatoms. The fourth-order valence-corrected chi connectivity index (χ4v) is 4.44. The molecule has 4 aromatic rings. The first kappa shape index (κ1) is 21.5. The summed E-state index contributed by atoms with van der Waals surface area (Å²) in [6, 6.07) is 6.78. The molecule has 170 valence electrons. The fourth-order valence-electron chi connectivity index (χ4n) is 3.99. The summed E-state index contributed by atoms with van der Waals surface area (Å²) in [6.45, 7) is 2.87. The van der Waals surface area contributed by atoms with E-state index in [2.05, 4.69) is 48.2 Å². The Hall–Kier alpha value is -3.34. The molecule has 0 amide bonds. The van der Waals surface area contributed by atoms with Crippen molar-refractivity contribution in [2.24, 2.45) is 4.99 Å². The molecule has 1 aromatic carbocycles. The molecule has 3 aromatic heterocycles. The average molecular weight is 512 g/mol. The van der Waals surface area contributed by atoms with E-state index in [4.69, 9.17) is 4.52 Å². The number of rotatable bonds is 8. The molecule has 0 spiro atoms. The van der Waals surface area contributed by atoms with Crippen molar-refractivity contribution in [2.75, 3.05) is 0 Å². The van der Waals surface area contributed by atoms with Gasteiger partial charge < -0.3 is 9.63 Å². The third kappa shape index (κ3) is 3.97. The van der Waals surface area contributed by atoms with Crippen LogP contribution in [-0.2, 0) is 25.8 Å². The second-order valence-electron chi connectivity index (χ2n) is 7.92. The average Bonchev–Trinajstić information content (AvgIpc) is 3.53. The largest absolute Gasteiger partial charge is 0.507 e. The van der Waals surface area contributed by atoms with Gasteiger partial charge in [-0.3, -0.25) is 9.36 Å². The summed E-state index contributed by atoms with van der Waals surface area (Å²) in [6.07, 6.45) is 4.42. The van der Waals surface area contributed by atoms with E-state index in [1.807, 2.05) is 4.57 Å². The topological polar surface area (TPSA) is 124 Å². The van der Waals surface area contributed by atoms with Crippen LogP contribution in [0.2, 0.25) is 0 Å². The van der Waals surface area contributed by atoms with Gasteiger partial charge in [-0.05, 0) is 34.5 Å². The highest BCUT2D eigenvalue weighted by Crippen LogP contribution is 2.29. The number of halogens is 1. The molecule has 1 aliphatic rings. The van der Waals surface area contributed by atoms with Crippen molar-refractivity contribution >= 4 is 32.1 Å². The molecule has 0 unspecified atom stereocenters. The van der Waals surface area contributed by atoms with Gasteiger partial charge in [-0.1, -0.05) is 37.1 Å². The molecule has 0 bridgehead atoms. The number of aromatic nitrogens is 6. The number of fused-ring (bicyclic) bond motifs is 2. The molecule has 0 atom stereocenters. The lowest BCUT2D eigenvalue weighted by atomic mass is 10.2. The smallest absolute Gasteiger partial charge is 0.266 e. The number of aliphatic imine (C=N–C) groups is 1. The highest BCUT2D eigenvalue weighted by atomic mass is 79.9. The first-order valence-electron chi connectivity index (χ1n) is 10.9. The van der Waals surface area contributed by atoms with Crippen LogP contribution in [-0.4, -0.2) is 39.0 Å². The van der Waals surface area contributed by atoms with Crippen LogP contribution in [0.4, 0.5) is 5.82 Å². The number of aryl methyl sites for hydroxylation is 3. The van der Waals surface area contributed by atoms with Crippen molar-refractivity contribution in [3.8, 4) is 17.2 Å². The lowest BCUT2D eigenvalue weighted by Gasteiger charge is -2.12. The fraction of sp³-hybridized carbons (Fsp3) is 0.364. The van der Waals surface area contributed by atoms with Crippen LogP contribution in [0, 0.1) is 0 Å². The van der Waals surface area contributed by atoms with Gasteiger partial charge in [-0.25, -0.2) is 9.39 Å². The zero-order valence-electron chi connectivity index (χ0n) is 18.0. The highest BCUT2D eigenvalue weighted by Gasteiger charge is 2.25. The quantitative estimate of drug-likeness (QED) is 0.358. The van der Waals surface area contributed by atoms with Crippen LogP contribution >= 0.6 is 15.9 Å². The Labute approximate surface area is 197 Å². The summed E-state index contributed by atoms with van der Waals surface area (Å²) in [5.74, 6) is 2.48. The van der Waals surface area contributed by atoms with Gasteiger partial charge in [0.15, 0.2) is 5.82 Å². The van der Waals surface area contributed by atoms with Gasteiger partial charge in [0.25, 0.3) is 11.4 Å². The third-order valence-electron chi connectivity index (χ3n) is 5.65. The molecular weight excluding hydrogens is 490 g/mol. The van der Waals surface area contributed by atoms with Crippen LogP contribution < -0.4 is 5.56 Å². The molecule has 10 nitrogen and oxygen atoms in total. The summed E-state index contributed by atoms with van der Waals surface area (Å²) in [5, 5.41) is 22.6. The molecule has 1 aliphatic heterocycles. The van der Waals surface area contributed by atoms with Crippen molar-refractivity contribution in [2.45, 2.75) is 52.0 Å². The number of para-hydroxylation sites is 1. The second-order valence-corrected chi connectivity index (χ2v) is 8.83. The van der Waals surface area contributed by atoms with Crippen molar-refractivity contribution in [1.29, 1.82) is 0 Å². The van der Waals surface area contributed by atoms with Gasteiger partial charge in [-0.15, -0.1) is 10.2 Å². The molecule has 0 saturated carbocycles. The maximum atomic E-state index is 13.3. The minimum absolute atomic E-state index is 0.0713. The molecule has 0 fully saturated rings. The Kier molecular flexibility index (Phi) is 5.79. The summed E-state index contributed by atoms with van der Waals surface area (Å²) in [7, 11) is 0. The molecule has 33 heavy (non-hydrogen) atoms. The van der Waals surface area contributed by atoms with Crippen molar-refractivity contribution in [3.05, 3.63) is 51.8 Å². The van der Waals surface area contributed by atoms with Crippen LogP contribution in [0.15, 0.2) is 38.6 Å². The van der Waals surface area contributed by atoms with E-state index in [1.165, 1.54) is 0 Å². The number of aromatic hydroxyl groups is 1. The van der Waals surface area contributed by atoms with Gasteiger partial charge in [0.1, 0.15) is 17.4 Å². The summed E-state index contributed by atoms with van der Waals surface area (Å²) in [4.78, 5) is 22.2. The Morgan fingerprint density at radius 3 is 2.85 bits per heavy atom. The number of benzene rings is 1. The Morgan fingerprint density at radius 1 is 1.18 bits per heavy atom. The number of nitrogens with zero attached hydrogens (tertiary/aromatic N) is 7. The molecule has 0 radical (unpaired) electrons. The second kappa shape index (κ2) is 8.89. The summed E-state index contributed by atoms with van der Waals surface area (Å²) in [5.41, 5.74) is 0.974. The normalized spacial score (nSPS) is 13.0. The zero-order chi connectivity index (χ0) is 22.9. The van der Waals surface area contributed by atoms with Gasteiger partial charge in [0.05, 0.1) is 15.7 Å². The predicted molar refractivity (Wildman–Crippen MR) is 125 cm³/mol. The minimum Gasteiger partial charge on any atom is -0.507 e. The maximum absolute atomic E-state index is 13.3. The lowest BCUT2D eigenvalue weighted by molar-refractivity contribution is 0.417. The van der Waals surface area contributed by atoms with E-state index in [0.717, 1.165) is 30.4 Å². The van der Waals surface area contributed by atoms with E-state index in [-0.39, 0.29) is 17.2 Å². The first-order chi connectivity index (χ1) is 16.1. The standard InChI is InChI=1S/C22H22BrN7O3/c1-2-3-6-11-29-19-14(12-16(23)24-19)21(32)30-18(26-27-22(29)30)10-9-17-25-20(33-28-17)13-7-4-5-8-15(13)31/h4-5,7-8,31H,2-3,6,9-12H2,1H3. The molecule has 0 saturated heterocycles. The molecular formula is C22H22BrN7O3. The molecule has 5 rings (SSSR count). The summed E-state index contributed by atoms with van der Waals surface area (Å²) >= 11 is 3.44. The van der Waals surface area contributed by atoms with E-state index in [1.54, 1.807) is 28.7 Å². The van der Waals surface area contributed by atoms with Crippen molar-refractivity contribution < 1.29 is 9.63 Å². The zero-order valence-corrected chi connectivity index (χ0v) is 19.6.